The Hall–Kier alpha value is -1.36. The van der Waals surface area contributed by atoms with E-state index in [0.717, 1.165) is 23.0 Å². The Kier molecular flexibility index (Phi) is 3.09. The normalized spacial score (nSPS) is 24.7. The van der Waals surface area contributed by atoms with Gasteiger partial charge in [0.1, 0.15) is 6.54 Å². The highest BCUT2D eigenvalue weighted by atomic mass is 79.9. The Bertz CT molecular complexity index is 558. The largest absolute Gasteiger partial charge is 0.323 e. The van der Waals surface area contributed by atoms with Gasteiger partial charge in [0, 0.05) is 10.4 Å². The maximum absolute atomic E-state index is 12.5. The second kappa shape index (κ2) is 4.63. The summed E-state index contributed by atoms with van der Waals surface area (Å²) in [6.45, 7) is 2.23. The average Bonchev–Trinajstić information content (AvgIpc) is 3.15. The third kappa shape index (κ3) is 2.27. The summed E-state index contributed by atoms with van der Waals surface area (Å²) in [5.41, 5.74) is 1.50. The molecule has 0 bridgehead atoms. The van der Waals surface area contributed by atoms with Crippen LogP contribution in [-0.4, -0.2) is 18.4 Å². The second-order valence-corrected chi connectivity index (χ2v) is 6.06. The highest BCUT2D eigenvalue weighted by molar-refractivity contribution is 9.10. The molecule has 4 nitrogen and oxygen atoms in total. The summed E-state index contributed by atoms with van der Waals surface area (Å²) in [4.78, 5) is 25.8. The van der Waals surface area contributed by atoms with Gasteiger partial charge in [-0.05, 0) is 30.5 Å². The molecule has 100 valence electrons. The van der Waals surface area contributed by atoms with E-state index >= 15 is 0 Å². The fourth-order valence-corrected chi connectivity index (χ4v) is 3.02. The molecular weight excluding hydrogens is 308 g/mol. The van der Waals surface area contributed by atoms with Gasteiger partial charge in [-0.3, -0.25) is 9.59 Å². The molecule has 1 fully saturated rings. The quantitative estimate of drug-likeness (QED) is 0.910. The third-order valence-corrected chi connectivity index (χ3v) is 4.35. The van der Waals surface area contributed by atoms with Crippen LogP contribution in [0.3, 0.4) is 0 Å². The first-order valence-electron chi connectivity index (χ1n) is 6.51. The number of amides is 2. The number of nitrogens with zero attached hydrogens (tertiary/aromatic N) is 1. The summed E-state index contributed by atoms with van der Waals surface area (Å²) in [7, 11) is 0. The van der Waals surface area contributed by atoms with Gasteiger partial charge in [-0.1, -0.05) is 29.3 Å². The lowest BCUT2D eigenvalue weighted by atomic mass is 10.1. The highest BCUT2D eigenvalue weighted by Crippen LogP contribution is 2.44. The van der Waals surface area contributed by atoms with Crippen molar-refractivity contribution in [3.05, 3.63) is 22.7 Å². The van der Waals surface area contributed by atoms with Crippen LogP contribution in [0, 0.1) is 11.8 Å². The molecule has 0 spiro atoms. The van der Waals surface area contributed by atoms with Gasteiger partial charge in [0.2, 0.25) is 11.8 Å². The van der Waals surface area contributed by atoms with E-state index < -0.39 is 0 Å². The van der Waals surface area contributed by atoms with Crippen LogP contribution in [0.4, 0.5) is 11.4 Å². The first-order valence-corrected chi connectivity index (χ1v) is 7.30. The number of rotatable bonds is 2. The van der Waals surface area contributed by atoms with Crippen molar-refractivity contribution in [2.75, 3.05) is 16.8 Å². The smallest absolute Gasteiger partial charge is 0.244 e. The van der Waals surface area contributed by atoms with Crippen LogP contribution in [0.1, 0.15) is 19.8 Å². The van der Waals surface area contributed by atoms with Crippen molar-refractivity contribution >= 4 is 39.1 Å². The van der Waals surface area contributed by atoms with Gasteiger partial charge < -0.3 is 10.2 Å². The molecule has 1 aliphatic heterocycles. The molecule has 1 heterocycles. The minimum Gasteiger partial charge on any atom is -0.323 e. The minimum atomic E-state index is -0.132. The molecule has 0 unspecified atom stereocenters. The van der Waals surface area contributed by atoms with Crippen molar-refractivity contribution in [2.24, 2.45) is 11.8 Å². The summed E-state index contributed by atoms with van der Waals surface area (Å²) in [5.74, 6) is 0.557. The minimum absolute atomic E-state index is 0.0882. The zero-order valence-electron chi connectivity index (χ0n) is 10.6. The van der Waals surface area contributed by atoms with Crippen LogP contribution in [0.5, 0.6) is 0 Å². The van der Waals surface area contributed by atoms with Crippen LogP contribution >= 0.6 is 15.9 Å². The molecular formula is C14H15BrN2O2. The molecule has 5 heteroatoms. The SMILES string of the molecule is CC[C@@H]1C[C@H]1C(=O)N1CC(=O)Nc2cc(Br)ccc21. The standard InChI is InChI=1S/C14H15BrN2O2/c1-2-8-5-10(8)14(19)17-7-13(18)16-11-6-9(15)3-4-12(11)17/h3-4,6,8,10H,2,5,7H2,1H3,(H,16,18)/t8-,10-/m1/s1. The Morgan fingerprint density at radius 3 is 3.00 bits per heavy atom. The summed E-state index contributed by atoms with van der Waals surface area (Å²) < 4.78 is 0.888. The number of nitrogens with one attached hydrogen (secondary N) is 1. The van der Waals surface area contributed by atoms with Gasteiger partial charge >= 0.3 is 0 Å². The molecule has 1 aliphatic carbocycles. The van der Waals surface area contributed by atoms with Gasteiger partial charge in [0.15, 0.2) is 0 Å². The van der Waals surface area contributed by atoms with E-state index in [1.165, 1.54) is 0 Å². The topological polar surface area (TPSA) is 49.4 Å². The van der Waals surface area contributed by atoms with Crippen LogP contribution in [0.15, 0.2) is 22.7 Å². The lowest BCUT2D eigenvalue weighted by Gasteiger charge is -2.29. The summed E-state index contributed by atoms with van der Waals surface area (Å²) in [5, 5.41) is 2.81. The zero-order valence-corrected chi connectivity index (χ0v) is 12.2. The second-order valence-electron chi connectivity index (χ2n) is 5.14. The Morgan fingerprint density at radius 1 is 1.53 bits per heavy atom. The van der Waals surface area contributed by atoms with Crippen molar-refractivity contribution in [1.29, 1.82) is 0 Å². The van der Waals surface area contributed by atoms with Gasteiger partial charge in [0.25, 0.3) is 0 Å². The van der Waals surface area contributed by atoms with Gasteiger partial charge in [-0.2, -0.15) is 0 Å². The molecule has 0 radical (unpaired) electrons. The number of halogens is 1. The Morgan fingerprint density at radius 2 is 2.32 bits per heavy atom. The summed E-state index contributed by atoms with van der Waals surface area (Å²) in [6.07, 6.45) is 1.99. The first kappa shape index (κ1) is 12.7. The van der Waals surface area contributed by atoms with Crippen LogP contribution in [-0.2, 0) is 9.59 Å². The Labute approximate surface area is 120 Å². The van der Waals surface area contributed by atoms with E-state index in [-0.39, 0.29) is 24.3 Å². The van der Waals surface area contributed by atoms with Crippen LogP contribution in [0.2, 0.25) is 0 Å². The summed E-state index contributed by atoms with van der Waals surface area (Å²) >= 11 is 3.37. The molecule has 2 aliphatic rings. The average molecular weight is 323 g/mol. The van der Waals surface area contributed by atoms with Gasteiger partial charge in [0.05, 0.1) is 11.4 Å². The molecule has 1 saturated carbocycles. The highest BCUT2D eigenvalue weighted by Gasteiger charge is 2.45. The van der Waals surface area contributed by atoms with Crippen molar-refractivity contribution < 1.29 is 9.59 Å². The van der Waals surface area contributed by atoms with E-state index in [1.807, 2.05) is 18.2 Å². The van der Waals surface area contributed by atoms with E-state index in [0.29, 0.717) is 11.6 Å². The van der Waals surface area contributed by atoms with Gasteiger partial charge in [-0.15, -0.1) is 0 Å². The maximum Gasteiger partial charge on any atom is 0.244 e. The molecule has 1 aromatic carbocycles. The number of hydrogen-bond acceptors (Lipinski definition) is 2. The molecule has 0 aromatic heterocycles. The van der Waals surface area contributed by atoms with Crippen molar-refractivity contribution in [1.82, 2.24) is 0 Å². The molecule has 1 N–H and O–H groups in total. The number of carbonyl (C=O) groups is 2. The summed E-state index contributed by atoms with van der Waals surface area (Å²) in [6, 6.07) is 5.59. The molecule has 1 aromatic rings. The number of fused-ring (bicyclic) bond motifs is 1. The van der Waals surface area contributed by atoms with E-state index in [4.69, 9.17) is 0 Å². The number of anilines is 2. The molecule has 0 saturated heterocycles. The van der Waals surface area contributed by atoms with E-state index in [9.17, 15) is 9.59 Å². The van der Waals surface area contributed by atoms with Crippen molar-refractivity contribution in [3.63, 3.8) is 0 Å². The predicted molar refractivity (Wildman–Crippen MR) is 77.0 cm³/mol. The number of hydrogen-bond donors (Lipinski definition) is 1. The van der Waals surface area contributed by atoms with Crippen molar-refractivity contribution in [3.8, 4) is 0 Å². The number of benzene rings is 1. The lowest BCUT2D eigenvalue weighted by molar-refractivity contribution is -0.123. The fraction of sp³-hybridized carbons (Fsp3) is 0.429. The monoisotopic (exact) mass is 322 g/mol. The van der Waals surface area contributed by atoms with E-state index in [2.05, 4.69) is 28.2 Å². The first-order chi connectivity index (χ1) is 9.10. The van der Waals surface area contributed by atoms with Gasteiger partial charge in [-0.25, -0.2) is 0 Å². The molecule has 2 atom stereocenters. The zero-order chi connectivity index (χ0) is 13.6. The third-order valence-electron chi connectivity index (χ3n) is 3.86. The molecule has 2 amide bonds. The van der Waals surface area contributed by atoms with Crippen molar-refractivity contribution in [2.45, 2.75) is 19.8 Å². The molecule has 3 rings (SSSR count). The van der Waals surface area contributed by atoms with Crippen LogP contribution in [0.25, 0.3) is 0 Å². The predicted octanol–water partition coefficient (Wildman–Crippen LogP) is 2.78. The number of carbonyl (C=O) groups excluding carboxylic acids is 2. The molecule has 19 heavy (non-hydrogen) atoms. The maximum atomic E-state index is 12.5. The fourth-order valence-electron chi connectivity index (χ4n) is 2.66. The van der Waals surface area contributed by atoms with E-state index in [1.54, 1.807) is 4.90 Å². The van der Waals surface area contributed by atoms with Crippen LogP contribution < -0.4 is 10.2 Å². The Balaban J connectivity index is 1.91. The lowest BCUT2D eigenvalue weighted by Crippen LogP contribution is -2.43.